The van der Waals surface area contributed by atoms with E-state index in [-0.39, 0.29) is 15.0 Å². The predicted molar refractivity (Wildman–Crippen MR) is 46.7 cm³/mol. The normalized spacial score (nSPS) is 11.5. The Kier molecular flexibility index (Phi) is 2.19. The maximum absolute atomic E-state index is 13.0. The van der Waals surface area contributed by atoms with Gasteiger partial charge in [-0.05, 0) is 18.2 Å². The van der Waals surface area contributed by atoms with E-state index in [1.54, 1.807) is 0 Å². The van der Waals surface area contributed by atoms with Crippen LogP contribution in [0.2, 0.25) is 0 Å². The van der Waals surface area contributed by atoms with Gasteiger partial charge in [0, 0.05) is 5.39 Å². The molecule has 74 valence electrons. The van der Waals surface area contributed by atoms with Crippen molar-refractivity contribution in [1.29, 1.82) is 0 Å². The maximum atomic E-state index is 13.0. The molecule has 0 unspecified atom stereocenters. The smallest absolute Gasteiger partial charge is 0.206 e. The molecule has 0 atom stereocenters. The number of rotatable bonds is 1. The van der Waals surface area contributed by atoms with Gasteiger partial charge in [0.1, 0.15) is 11.6 Å². The minimum Gasteiger partial charge on any atom is -0.206 e. The molecule has 0 aliphatic rings. The average Bonchev–Trinajstić information content (AvgIpc) is 2.57. The molecule has 0 saturated heterocycles. The van der Waals surface area contributed by atoms with E-state index in [4.69, 9.17) is 0 Å². The maximum Gasteiger partial charge on any atom is 0.272 e. The number of thiophene rings is 1. The van der Waals surface area contributed by atoms with Crippen molar-refractivity contribution in [2.24, 2.45) is 0 Å². The van der Waals surface area contributed by atoms with Crippen LogP contribution in [-0.2, 0) is 0 Å². The summed E-state index contributed by atoms with van der Waals surface area (Å²) in [5.41, 5.74) is 0. The zero-order valence-electron chi connectivity index (χ0n) is 6.73. The molecule has 0 fully saturated rings. The van der Waals surface area contributed by atoms with Crippen molar-refractivity contribution in [1.82, 2.24) is 0 Å². The quantitative estimate of drug-likeness (QED) is 0.634. The zero-order valence-corrected chi connectivity index (χ0v) is 7.55. The standard InChI is InChI=1S/C9H4F4S/c10-5-1-2-6(11)8-4(5)3-7(14-8)9(12)13/h1-3,9H. The Hall–Kier alpha value is -1.10. The molecule has 0 aliphatic heterocycles. The fourth-order valence-corrected chi connectivity index (χ4v) is 2.12. The molecule has 0 amide bonds. The van der Waals surface area contributed by atoms with Gasteiger partial charge in [-0.2, -0.15) is 0 Å². The van der Waals surface area contributed by atoms with Crippen molar-refractivity contribution in [2.45, 2.75) is 6.43 Å². The zero-order chi connectivity index (χ0) is 10.3. The molecule has 0 spiro atoms. The molecule has 0 N–H and O–H groups in total. The Balaban J connectivity index is 2.75. The first-order valence-corrected chi connectivity index (χ1v) is 4.57. The van der Waals surface area contributed by atoms with Crippen LogP contribution in [0.5, 0.6) is 0 Å². The van der Waals surface area contributed by atoms with Crippen LogP contribution in [0.4, 0.5) is 17.6 Å². The molecule has 2 rings (SSSR count). The molecular formula is C9H4F4S. The highest BCUT2D eigenvalue weighted by Crippen LogP contribution is 2.35. The Labute approximate surface area is 80.8 Å². The lowest BCUT2D eigenvalue weighted by atomic mass is 10.2. The van der Waals surface area contributed by atoms with Gasteiger partial charge < -0.3 is 0 Å². The Bertz CT molecular complexity index is 436. The topological polar surface area (TPSA) is 0 Å². The van der Waals surface area contributed by atoms with Crippen LogP contribution in [0.25, 0.3) is 10.1 Å². The third-order valence-corrected chi connectivity index (χ3v) is 2.97. The Morgan fingerprint density at radius 2 is 1.71 bits per heavy atom. The number of hydrogen-bond donors (Lipinski definition) is 0. The van der Waals surface area contributed by atoms with Crippen LogP contribution in [0.3, 0.4) is 0 Å². The molecule has 2 aromatic rings. The van der Waals surface area contributed by atoms with E-state index in [1.807, 2.05) is 0 Å². The SMILES string of the molecule is Fc1ccc(F)c2sc(C(F)F)cc12. The summed E-state index contributed by atoms with van der Waals surface area (Å²) in [5.74, 6) is -1.34. The number of alkyl halides is 2. The first-order valence-electron chi connectivity index (χ1n) is 3.75. The van der Waals surface area contributed by atoms with Gasteiger partial charge in [0.15, 0.2) is 0 Å². The van der Waals surface area contributed by atoms with E-state index < -0.39 is 18.1 Å². The van der Waals surface area contributed by atoms with Gasteiger partial charge in [0.25, 0.3) is 6.43 Å². The van der Waals surface area contributed by atoms with Crippen LogP contribution in [0.15, 0.2) is 18.2 Å². The Morgan fingerprint density at radius 1 is 1.07 bits per heavy atom. The van der Waals surface area contributed by atoms with E-state index >= 15 is 0 Å². The molecule has 1 aromatic carbocycles. The first kappa shape index (κ1) is 9.45. The molecule has 0 bridgehead atoms. The van der Waals surface area contributed by atoms with Gasteiger partial charge in [0.2, 0.25) is 0 Å². The lowest BCUT2D eigenvalue weighted by Crippen LogP contribution is -1.77. The minimum atomic E-state index is -2.69. The van der Waals surface area contributed by atoms with Crippen molar-refractivity contribution in [3.8, 4) is 0 Å². The molecule has 1 heterocycles. The van der Waals surface area contributed by atoms with E-state index in [1.165, 1.54) is 0 Å². The first-order chi connectivity index (χ1) is 6.59. The van der Waals surface area contributed by atoms with Crippen LogP contribution < -0.4 is 0 Å². The minimum absolute atomic E-state index is 0.0553. The third-order valence-electron chi connectivity index (χ3n) is 1.82. The van der Waals surface area contributed by atoms with Crippen LogP contribution in [0.1, 0.15) is 11.3 Å². The molecule has 0 saturated carbocycles. The summed E-state index contributed by atoms with van der Waals surface area (Å²) in [6.07, 6.45) is -2.69. The second-order valence-corrected chi connectivity index (χ2v) is 3.81. The number of hydrogen-bond acceptors (Lipinski definition) is 1. The van der Waals surface area contributed by atoms with Gasteiger partial charge in [0.05, 0.1) is 9.58 Å². The third kappa shape index (κ3) is 1.37. The van der Waals surface area contributed by atoms with Gasteiger partial charge in [-0.15, -0.1) is 11.3 Å². The lowest BCUT2D eigenvalue weighted by molar-refractivity contribution is 0.156. The summed E-state index contributed by atoms with van der Waals surface area (Å²) in [6.45, 7) is 0. The van der Waals surface area contributed by atoms with Crippen LogP contribution >= 0.6 is 11.3 Å². The highest BCUT2D eigenvalue weighted by atomic mass is 32.1. The monoisotopic (exact) mass is 220 g/mol. The van der Waals surface area contributed by atoms with E-state index in [0.29, 0.717) is 11.3 Å². The highest BCUT2D eigenvalue weighted by Gasteiger charge is 2.15. The molecule has 5 heteroatoms. The molecule has 0 radical (unpaired) electrons. The second kappa shape index (κ2) is 3.24. The summed E-state index contributed by atoms with van der Waals surface area (Å²) in [6, 6.07) is 2.85. The largest absolute Gasteiger partial charge is 0.272 e. The van der Waals surface area contributed by atoms with Gasteiger partial charge in [-0.25, -0.2) is 17.6 Å². The highest BCUT2D eigenvalue weighted by molar-refractivity contribution is 7.19. The predicted octanol–water partition coefficient (Wildman–Crippen LogP) is 4.12. The van der Waals surface area contributed by atoms with E-state index in [0.717, 1.165) is 18.2 Å². The van der Waals surface area contributed by atoms with Crippen molar-refractivity contribution in [3.05, 3.63) is 34.7 Å². The van der Waals surface area contributed by atoms with Crippen LogP contribution in [-0.4, -0.2) is 0 Å². The van der Waals surface area contributed by atoms with Crippen molar-refractivity contribution < 1.29 is 17.6 Å². The van der Waals surface area contributed by atoms with Gasteiger partial charge >= 0.3 is 0 Å². The number of fused-ring (bicyclic) bond motifs is 1. The summed E-state index contributed by atoms with van der Waals surface area (Å²) < 4.78 is 50.5. The molecule has 0 nitrogen and oxygen atoms in total. The molecule has 14 heavy (non-hydrogen) atoms. The van der Waals surface area contributed by atoms with Crippen molar-refractivity contribution >= 4 is 21.4 Å². The fourth-order valence-electron chi connectivity index (χ4n) is 1.18. The van der Waals surface area contributed by atoms with E-state index in [9.17, 15) is 17.6 Å². The lowest BCUT2D eigenvalue weighted by Gasteiger charge is -1.91. The molecule has 0 aliphatic carbocycles. The van der Waals surface area contributed by atoms with Gasteiger partial charge in [-0.3, -0.25) is 0 Å². The summed E-state index contributed by atoms with van der Waals surface area (Å²) >= 11 is 0.581. The second-order valence-electron chi connectivity index (χ2n) is 2.72. The average molecular weight is 220 g/mol. The summed E-state index contributed by atoms with van der Waals surface area (Å²) in [5, 5.41) is -0.0784. The van der Waals surface area contributed by atoms with Gasteiger partial charge in [-0.1, -0.05) is 0 Å². The molecule has 1 aromatic heterocycles. The summed E-state index contributed by atoms with van der Waals surface area (Å²) in [7, 11) is 0. The van der Waals surface area contributed by atoms with Crippen LogP contribution in [0, 0.1) is 11.6 Å². The fraction of sp³-hybridized carbons (Fsp3) is 0.111. The number of halogens is 4. The number of benzene rings is 1. The van der Waals surface area contributed by atoms with Crippen molar-refractivity contribution in [3.63, 3.8) is 0 Å². The molecular weight excluding hydrogens is 216 g/mol. The van der Waals surface area contributed by atoms with Crippen molar-refractivity contribution in [2.75, 3.05) is 0 Å². The summed E-state index contributed by atoms with van der Waals surface area (Å²) in [4.78, 5) is -0.316. The Morgan fingerprint density at radius 3 is 2.29 bits per heavy atom. The van der Waals surface area contributed by atoms with E-state index in [2.05, 4.69) is 0 Å².